The molecule has 0 saturated carbocycles. The molecule has 7 heteroatoms. The Balaban J connectivity index is 3.03. The lowest BCUT2D eigenvalue weighted by Crippen LogP contribution is -2.13. The minimum Gasteiger partial charge on any atom is -0.493 e. The van der Waals surface area contributed by atoms with Crippen LogP contribution < -0.4 is 9.47 Å². The average Bonchev–Trinajstić information content (AvgIpc) is 2.70. The first-order chi connectivity index (χ1) is 9.84. The second-order valence-corrected chi connectivity index (χ2v) is 4.74. The summed E-state index contributed by atoms with van der Waals surface area (Å²) in [7, 11) is 2.60. The number of carbonyl (C=O) groups is 3. The highest BCUT2D eigenvalue weighted by molar-refractivity contribution is 6.21. The molecule has 2 rings (SSSR count). The number of hydrogen-bond acceptors (Lipinski definition) is 6. The molecule has 1 N–H and O–H groups in total. The standard InChI is InChI=1S/C14H14O7/c1-5(2)6-7-8(14(18)21-13(7)17)9(12(15)16)11(20-4)10(6)19-3/h5H,1-4H3,(H,15,16). The molecule has 0 bridgehead atoms. The highest BCUT2D eigenvalue weighted by atomic mass is 16.6. The SMILES string of the molecule is COc1c(OC)c(C(C)C)c2c(c1C(=O)O)C(=O)OC2=O. The molecule has 21 heavy (non-hydrogen) atoms. The smallest absolute Gasteiger partial charge is 0.347 e. The van der Waals surface area contributed by atoms with Crippen LogP contribution >= 0.6 is 0 Å². The highest BCUT2D eigenvalue weighted by Gasteiger charge is 2.42. The third-order valence-electron chi connectivity index (χ3n) is 3.24. The van der Waals surface area contributed by atoms with Gasteiger partial charge in [-0.25, -0.2) is 14.4 Å². The van der Waals surface area contributed by atoms with Crippen LogP contribution in [0.1, 0.15) is 56.4 Å². The molecule has 1 heterocycles. The fourth-order valence-electron chi connectivity index (χ4n) is 2.48. The molecule has 1 aliphatic rings. The van der Waals surface area contributed by atoms with Gasteiger partial charge in [-0.3, -0.25) is 0 Å². The number of methoxy groups -OCH3 is 2. The highest BCUT2D eigenvalue weighted by Crippen LogP contribution is 2.45. The predicted molar refractivity (Wildman–Crippen MR) is 70.3 cm³/mol. The zero-order valence-corrected chi connectivity index (χ0v) is 12.0. The van der Waals surface area contributed by atoms with Crippen molar-refractivity contribution in [2.75, 3.05) is 14.2 Å². The Morgan fingerprint density at radius 2 is 1.57 bits per heavy atom. The summed E-state index contributed by atoms with van der Waals surface area (Å²) in [6, 6.07) is 0. The van der Waals surface area contributed by atoms with Crippen LogP contribution in [0.15, 0.2) is 0 Å². The van der Waals surface area contributed by atoms with E-state index in [0.717, 1.165) is 0 Å². The van der Waals surface area contributed by atoms with Crippen molar-refractivity contribution < 1.29 is 33.7 Å². The van der Waals surface area contributed by atoms with E-state index >= 15 is 0 Å². The Bertz CT molecular complexity index is 658. The number of cyclic esters (lactones) is 2. The predicted octanol–water partition coefficient (Wildman–Crippen LogP) is 1.84. The molecule has 112 valence electrons. The average molecular weight is 294 g/mol. The van der Waals surface area contributed by atoms with Gasteiger partial charge in [0, 0.05) is 5.56 Å². The zero-order valence-electron chi connectivity index (χ0n) is 12.0. The lowest BCUT2D eigenvalue weighted by Gasteiger charge is -2.19. The molecule has 7 nitrogen and oxygen atoms in total. The van der Waals surface area contributed by atoms with E-state index in [1.165, 1.54) is 14.2 Å². The summed E-state index contributed by atoms with van der Waals surface area (Å²) in [6.45, 7) is 3.57. The van der Waals surface area contributed by atoms with E-state index < -0.39 is 23.5 Å². The summed E-state index contributed by atoms with van der Waals surface area (Å²) in [4.78, 5) is 35.2. The lowest BCUT2D eigenvalue weighted by atomic mass is 9.89. The molecule has 0 unspecified atom stereocenters. The van der Waals surface area contributed by atoms with Crippen LogP contribution in [0, 0.1) is 0 Å². The second-order valence-electron chi connectivity index (χ2n) is 4.74. The monoisotopic (exact) mass is 294 g/mol. The van der Waals surface area contributed by atoms with Gasteiger partial charge in [-0.1, -0.05) is 13.8 Å². The molecule has 0 radical (unpaired) electrons. The maximum absolute atomic E-state index is 11.9. The number of ether oxygens (including phenoxy) is 3. The lowest BCUT2D eigenvalue weighted by molar-refractivity contribution is 0.0438. The van der Waals surface area contributed by atoms with Crippen LogP contribution in [0.4, 0.5) is 0 Å². The van der Waals surface area contributed by atoms with Crippen molar-refractivity contribution in [1.82, 2.24) is 0 Å². The molecule has 0 amide bonds. The minimum atomic E-state index is -1.40. The Labute approximate surface area is 120 Å². The molecule has 0 atom stereocenters. The largest absolute Gasteiger partial charge is 0.493 e. The first kappa shape index (κ1) is 14.8. The maximum atomic E-state index is 11.9. The molecule has 1 aromatic carbocycles. The van der Waals surface area contributed by atoms with Crippen molar-refractivity contribution in [3.63, 3.8) is 0 Å². The van der Waals surface area contributed by atoms with E-state index in [1.54, 1.807) is 13.8 Å². The Morgan fingerprint density at radius 3 is 2.00 bits per heavy atom. The minimum absolute atomic E-state index is 0.0648. The van der Waals surface area contributed by atoms with Crippen LogP contribution in [0.5, 0.6) is 11.5 Å². The van der Waals surface area contributed by atoms with Gasteiger partial charge < -0.3 is 19.3 Å². The number of hydrogen-bond donors (Lipinski definition) is 1. The van der Waals surface area contributed by atoms with Crippen molar-refractivity contribution in [2.24, 2.45) is 0 Å². The van der Waals surface area contributed by atoms with Gasteiger partial charge in [0.25, 0.3) is 0 Å². The molecule has 1 aromatic rings. The first-order valence-corrected chi connectivity index (χ1v) is 6.16. The van der Waals surface area contributed by atoms with Gasteiger partial charge in [-0.2, -0.15) is 0 Å². The quantitative estimate of drug-likeness (QED) is 0.668. The maximum Gasteiger partial charge on any atom is 0.347 e. The molecular formula is C14H14O7. The third-order valence-corrected chi connectivity index (χ3v) is 3.24. The summed E-state index contributed by atoms with van der Waals surface area (Å²) in [5.74, 6) is -3.45. The molecule has 0 aliphatic carbocycles. The van der Waals surface area contributed by atoms with Gasteiger partial charge >= 0.3 is 17.9 Å². The van der Waals surface area contributed by atoms with Gasteiger partial charge in [0.2, 0.25) is 0 Å². The summed E-state index contributed by atoms with van der Waals surface area (Å²) in [6.07, 6.45) is 0. The summed E-state index contributed by atoms with van der Waals surface area (Å²) >= 11 is 0. The number of fused-ring (bicyclic) bond motifs is 1. The third kappa shape index (κ3) is 2.01. The summed E-state index contributed by atoms with van der Waals surface area (Å²) in [5.41, 5.74) is -0.381. The number of carbonyl (C=O) groups excluding carboxylic acids is 2. The molecule has 0 spiro atoms. The fraction of sp³-hybridized carbons (Fsp3) is 0.357. The normalized spacial score (nSPS) is 13.2. The summed E-state index contributed by atoms with van der Waals surface area (Å²) in [5, 5.41) is 9.36. The Kier molecular flexibility index (Phi) is 3.59. The number of rotatable bonds is 4. The molecular weight excluding hydrogens is 280 g/mol. The van der Waals surface area contributed by atoms with Gasteiger partial charge in [-0.05, 0) is 5.92 Å². The number of benzene rings is 1. The van der Waals surface area contributed by atoms with Crippen molar-refractivity contribution in [3.8, 4) is 11.5 Å². The van der Waals surface area contributed by atoms with E-state index in [-0.39, 0.29) is 28.5 Å². The van der Waals surface area contributed by atoms with E-state index in [4.69, 9.17) is 9.47 Å². The van der Waals surface area contributed by atoms with Gasteiger partial charge in [0.15, 0.2) is 11.5 Å². The van der Waals surface area contributed by atoms with Crippen LogP contribution in [-0.4, -0.2) is 37.2 Å². The number of esters is 2. The van der Waals surface area contributed by atoms with Crippen LogP contribution in [0.3, 0.4) is 0 Å². The Morgan fingerprint density at radius 1 is 1.05 bits per heavy atom. The van der Waals surface area contributed by atoms with Crippen molar-refractivity contribution in [2.45, 2.75) is 19.8 Å². The van der Waals surface area contributed by atoms with E-state index in [0.29, 0.717) is 5.56 Å². The Hall–Kier alpha value is -2.57. The van der Waals surface area contributed by atoms with E-state index in [9.17, 15) is 19.5 Å². The topological polar surface area (TPSA) is 99.1 Å². The van der Waals surface area contributed by atoms with Gasteiger partial charge in [-0.15, -0.1) is 0 Å². The van der Waals surface area contributed by atoms with Gasteiger partial charge in [0.05, 0.1) is 25.3 Å². The summed E-state index contributed by atoms with van der Waals surface area (Å²) < 4.78 is 14.9. The molecule has 0 fully saturated rings. The van der Waals surface area contributed by atoms with Crippen LogP contribution in [0.25, 0.3) is 0 Å². The number of carboxylic acid groups (broad SMARTS) is 1. The molecule has 1 aliphatic heterocycles. The molecule has 0 aromatic heterocycles. The zero-order chi connectivity index (χ0) is 15.9. The van der Waals surface area contributed by atoms with Crippen molar-refractivity contribution >= 4 is 17.9 Å². The van der Waals surface area contributed by atoms with E-state index in [1.807, 2.05) is 0 Å². The van der Waals surface area contributed by atoms with Crippen molar-refractivity contribution in [1.29, 1.82) is 0 Å². The van der Waals surface area contributed by atoms with Gasteiger partial charge in [0.1, 0.15) is 5.56 Å². The van der Waals surface area contributed by atoms with Crippen LogP contribution in [0.2, 0.25) is 0 Å². The second kappa shape index (κ2) is 5.08. The first-order valence-electron chi connectivity index (χ1n) is 6.16. The van der Waals surface area contributed by atoms with Crippen molar-refractivity contribution in [3.05, 3.63) is 22.3 Å². The van der Waals surface area contributed by atoms with Crippen LogP contribution in [-0.2, 0) is 4.74 Å². The number of aromatic carboxylic acids is 1. The number of carboxylic acids is 1. The van der Waals surface area contributed by atoms with E-state index in [2.05, 4.69) is 4.74 Å². The fourth-order valence-corrected chi connectivity index (χ4v) is 2.48. The molecule has 0 saturated heterocycles.